The molecule has 290 valence electrons. The highest BCUT2D eigenvalue weighted by Gasteiger charge is 2.58. The van der Waals surface area contributed by atoms with Gasteiger partial charge >= 0.3 is 24.2 Å². The number of aliphatic carboxylic acids is 1. The number of hydrogen-bond acceptors (Lipinski definition) is 10. The number of benzene rings is 1. The summed E-state index contributed by atoms with van der Waals surface area (Å²) in [4.78, 5) is 86.3. The fourth-order valence-corrected chi connectivity index (χ4v) is 4.35. The van der Waals surface area contributed by atoms with Gasteiger partial charge in [0.2, 0.25) is 17.4 Å². The number of nitrogens with zero attached hydrogens (tertiary/aromatic N) is 1. The van der Waals surface area contributed by atoms with Crippen LogP contribution in [0.15, 0.2) is 18.2 Å². The predicted molar refractivity (Wildman–Crippen MR) is 162 cm³/mol. The summed E-state index contributed by atoms with van der Waals surface area (Å²) in [6.07, 6.45) is -9.05. The standard InChI is InChI=1S/C29H36F6N6O11/c1-14-21(40-25(48)27(3,50)24(47)38-13-28(31,32)29(33,34)35)23(46)41(18-12-16(30)4-6-19(18)52-14)10-11-51-26(49)37-9-8-36-22(45)17(39-15(2)42)5-7-20(43)44/h4,6,12,14,17,21,50H,5,7-11,13H2,1-3H3,(H,36,45)(H,37,49)(H,38,47)(H,39,42)(H,40,48)(H,43,44)/t14-,17?,21+,27?/m1/s1. The molecule has 0 fully saturated rings. The first-order valence-corrected chi connectivity index (χ1v) is 15.2. The number of carbonyl (C=O) groups is 7. The molecule has 1 heterocycles. The highest BCUT2D eigenvalue weighted by Crippen LogP contribution is 2.35. The van der Waals surface area contributed by atoms with Crippen LogP contribution < -0.4 is 36.2 Å². The lowest BCUT2D eigenvalue weighted by atomic mass is 10.0. The van der Waals surface area contributed by atoms with Crippen LogP contribution in [0.5, 0.6) is 5.75 Å². The minimum absolute atomic E-state index is 0.112. The van der Waals surface area contributed by atoms with E-state index >= 15 is 0 Å². The zero-order valence-electron chi connectivity index (χ0n) is 27.7. The van der Waals surface area contributed by atoms with Crippen LogP contribution in [0.4, 0.5) is 36.8 Å². The average molecular weight is 759 g/mol. The number of ether oxygens (including phenoxy) is 2. The molecule has 0 bridgehead atoms. The maximum Gasteiger partial charge on any atom is 0.455 e. The van der Waals surface area contributed by atoms with Crippen LogP contribution in [0, 0.1) is 5.82 Å². The molecule has 7 N–H and O–H groups in total. The summed E-state index contributed by atoms with van der Waals surface area (Å²) in [6.45, 7) is -0.974. The number of nitrogens with one attached hydrogen (secondary N) is 5. The van der Waals surface area contributed by atoms with Crippen molar-refractivity contribution in [3.05, 3.63) is 24.0 Å². The Morgan fingerprint density at radius 1 is 1.02 bits per heavy atom. The molecule has 1 aromatic carbocycles. The summed E-state index contributed by atoms with van der Waals surface area (Å²) in [7, 11) is 0. The van der Waals surface area contributed by atoms with Gasteiger partial charge in [0.05, 0.1) is 18.8 Å². The molecule has 1 aromatic rings. The fourth-order valence-electron chi connectivity index (χ4n) is 4.35. The molecular formula is C29H36F6N6O11. The van der Waals surface area contributed by atoms with Crippen LogP contribution in [0.1, 0.15) is 33.6 Å². The second kappa shape index (κ2) is 17.7. The van der Waals surface area contributed by atoms with Crippen LogP contribution in [0.2, 0.25) is 0 Å². The number of carboxylic acids is 1. The van der Waals surface area contributed by atoms with Crippen molar-refractivity contribution in [2.45, 2.75) is 69.5 Å². The van der Waals surface area contributed by atoms with Crippen LogP contribution in [-0.4, -0.2) is 120 Å². The molecule has 2 unspecified atom stereocenters. The maximum atomic E-state index is 14.2. The summed E-state index contributed by atoms with van der Waals surface area (Å²) in [6, 6.07) is -0.00269. The van der Waals surface area contributed by atoms with E-state index in [4.69, 9.17) is 14.6 Å². The number of rotatable bonds is 16. The average Bonchev–Trinajstić information content (AvgIpc) is 3.12. The minimum atomic E-state index is -6.06. The van der Waals surface area contributed by atoms with E-state index in [1.54, 1.807) is 0 Å². The number of fused-ring (bicyclic) bond motifs is 1. The Labute approximate surface area is 290 Å². The molecule has 0 aliphatic carbocycles. The van der Waals surface area contributed by atoms with Gasteiger partial charge in [0.25, 0.3) is 17.7 Å². The molecule has 23 heteroatoms. The van der Waals surface area contributed by atoms with Crippen LogP contribution in [0.3, 0.4) is 0 Å². The van der Waals surface area contributed by atoms with E-state index in [0.29, 0.717) is 6.92 Å². The summed E-state index contributed by atoms with van der Waals surface area (Å²) < 4.78 is 88.9. The molecule has 4 atom stereocenters. The predicted octanol–water partition coefficient (Wildman–Crippen LogP) is -0.299. The largest absolute Gasteiger partial charge is 0.486 e. The van der Waals surface area contributed by atoms with Gasteiger partial charge in [0.1, 0.15) is 36.4 Å². The molecule has 0 saturated heterocycles. The molecule has 1 aliphatic heterocycles. The van der Waals surface area contributed by atoms with Gasteiger partial charge < -0.3 is 51.2 Å². The van der Waals surface area contributed by atoms with E-state index in [1.807, 2.05) is 5.32 Å². The molecule has 0 saturated carbocycles. The van der Waals surface area contributed by atoms with Crippen LogP contribution >= 0.6 is 0 Å². The van der Waals surface area contributed by atoms with Crippen molar-refractivity contribution in [3.63, 3.8) is 0 Å². The molecule has 1 aliphatic rings. The molecule has 0 radical (unpaired) electrons. The fraction of sp³-hybridized carbons (Fsp3) is 0.552. The number of halogens is 6. The zero-order valence-corrected chi connectivity index (χ0v) is 27.7. The molecule has 6 amide bonds. The smallest absolute Gasteiger partial charge is 0.455 e. The van der Waals surface area contributed by atoms with E-state index in [9.17, 15) is 65.0 Å². The van der Waals surface area contributed by atoms with E-state index in [2.05, 4.69) is 16.0 Å². The summed E-state index contributed by atoms with van der Waals surface area (Å²) >= 11 is 0. The van der Waals surface area contributed by atoms with E-state index in [-0.39, 0.29) is 30.9 Å². The maximum absolute atomic E-state index is 14.2. The van der Waals surface area contributed by atoms with Gasteiger partial charge in [-0.1, -0.05) is 0 Å². The second-order valence-corrected chi connectivity index (χ2v) is 11.4. The lowest BCUT2D eigenvalue weighted by Crippen LogP contribution is -2.63. The van der Waals surface area contributed by atoms with Crippen LogP contribution in [0.25, 0.3) is 0 Å². The lowest BCUT2D eigenvalue weighted by molar-refractivity contribution is -0.278. The number of carbonyl (C=O) groups excluding carboxylic acids is 6. The Balaban J connectivity index is 2.07. The van der Waals surface area contributed by atoms with Crippen molar-refractivity contribution in [1.29, 1.82) is 0 Å². The third-order valence-electron chi connectivity index (χ3n) is 7.17. The minimum Gasteiger partial charge on any atom is -0.486 e. The SMILES string of the molecule is CC(=O)NC(CCC(=O)O)C(=O)NCCNC(=O)OCCN1C(=O)[C@@H](NC(=O)C(C)(O)C(=O)NCC(F)(F)C(F)(F)F)[C@@H](C)Oc2ccc(F)cc21. The van der Waals surface area contributed by atoms with Gasteiger partial charge in [-0.25, -0.2) is 9.18 Å². The Bertz CT molecular complexity index is 1530. The van der Waals surface area contributed by atoms with Gasteiger partial charge in [-0.05, 0) is 32.4 Å². The van der Waals surface area contributed by atoms with Gasteiger partial charge in [-0.15, -0.1) is 0 Å². The molecule has 17 nitrogen and oxygen atoms in total. The first kappa shape index (κ1) is 42.8. The Kier molecular flexibility index (Phi) is 14.6. The van der Waals surface area contributed by atoms with Crippen LogP contribution in [-0.2, 0) is 33.5 Å². The number of amides is 6. The van der Waals surface area contributed by atoms with Crippen molar-refractivity contribution in [2.75, 3.05) is 37.7 Å². The summed E-state index contributed by atoms with van der Waals surface area (Å²) in [5, 5.41) is 29.4. The van der Waals surface area contributed by atoms with E-state index in [1.165, 1.54) is 6.92 Å². The number of alkyl halides is 5. The van der Waals surface area contributed by atoms with Gasteiger partial charge in [-0.2, -0.15) is 22.0 Å². The monoisotopic (exact) mass is 758 g/mol. The van der Waals surface area contributed by atoms with Crippen molar-refractivity contribution in [2.24, 2.45) is 0 Å². The number of hydrogen-bond donors (Lipinski definition) is 7. The van der Waals surface area contributed by atoms with Gasteiger partial charge in [-0.3, -0.25) is 28.8 Å². The molecule has 52 heavy (non-hydrogen) atoms. The number of alkyl carbamates (subject to hydrolysis) is 1. The first-order chi connectivity index (χ1) is 24.0. The normalized spacial score (nSPS) is 17.6. The van der Waals surface area contributed by atoms with Gasteiger partial charge in [0, 0.05) is 32.5 Å². The van der Waals surface area contributed by atoms with Crippen molar-refractivity contribution in [3.8, 4) is 5.75 Å². The third-order valence-corrected chi connectivity index (χ3v) is 7.17. The zero-order chi connectivity index (χ0) is 39.6. The van der Waals surface area contributed by atoms with Crippen molar-refractivity contribution < 1.29 is 79.6 Å². The first-order valence-electron chi connectivity index (χ1n) is 15.2. The van der Waals surface area contributed by atoms with E-state index in [0.717, 1.165) is 35.3 Å². The van der Waals surface area contributed by atoms with Gasteiger partial charge in [0.15, 0.2) is 0 Å². The lowest BCUT2D eigenvalue weighted by Gasteiger charge is -2.29. The Morgan fingerprint density at radius 3 is 2.25 bits per heavy atom. The highest BCUT2D eigenvalue weighted by molar-refractivity contribution is 6.10. The number of aliphatic hydroxyl groups is 1. The summed E-state index contributed by atoms with van der Waals surface area (Å²) in [5.74, 6) is -13.6. The van der Waals surface area contributed by atoms with Crippen molar-refractivity contribution in [1.82, 2.24) is 26.6 Å². The second-order valence-electron chi connectivity index (χ2n) is 11.4. The van der Waals surface area contributed by atoms with E-state index < -0.39 is 109 Å². The number of carboxylic acid groups (broad SMARTS) is 1. The Hall–Kier alpha value is -5.35. The molecular weight excluding hydrogens is 722 g/mol. The molecule has 2 rings (SSSR count). The topological polar surface area (TPSA) is 242 Å². The summed E-state index contributed by atoms with van der Waals surface area (Å²) in [5.41, 5.74) is -3.50. The quantitative estimate of drug-likeness (QED) is 0.0656. The molecule has 0 aromatic heterocycles. The third kappa shape index (κ3) is 11.9. The molecule has 0 spiro atoms. The Morgan fingerprint density at radius 2 is 1.65 bits per heavy atom. The number of anilines is 1. The van der Waals surface area contributed by atoms with Crippen molar-refractivity contribution >= 4 is 47.3 Å². The highest BCUT2D eigenvalue weighted by atomic mass is 19.4.